The number of hydrogen-bond donors (Lipinski definition) is 4. The van der Waals surface area contributed by atoms with Crippen LogP contribution in [0.5, 0.6) is 0 Å². The second-order valence-corrected chi connectivity index (χ2v) is 12.8. The smallest absolute Gasteiger partial charge is 0.306 e. The molecule has 45 heavy (non-hydrogen) atoms. The van der Waals surface area contributed by atoms with Gasteiger partial charge in [0.05, 0.1) is 18.1 Å². The number of β-lactam (4-membered cyclic amide) rings is 1. The first-order valence-electron chi connectivity index (χ1n) is 13.8. The fraction of sp³-hybridized carbons (Fsp3) is 0.370. The molecule has 0 saturated carbocycles. The van der Waals surface area contributed by atoms with Gasteiger partial charge in [0.25, 0.3) is 11.8 Å². The fourth-order valence-electron chi connectivity index (χ4n) is 5.08. The Morgan fingerprint density at radius 3 is 2.84 bits per heavy atom. The Labute approximate surface area is 269 Å². The summed E-state index contributed by atoms with van der Waals surface area (Å²) in [6.07, 6.45) is 4.41. The molecule has 1 saturated heterocycles. The first-order chi connectivity index (χ1) is 21.6. The molecule has 2 unspecified atom stereocenters. The fourth-order valence-corrected chi connectivity index (χ4v) is 7.35. The highest BCUT2D eigenvalue weighted by Gasteiger charge is 2.53. The van der Waals surface area contributed by atoms with Gasteiger partial charge in [0.1, 0.15) is 33.6 Å². The average molecular weight is 677 g/mol. The number of amides is 2. The highest BCUT2D eigenvalue weighted by Crippen LogP contribution is 2.40. The number of carbonyl (C=O) groups excluding carboxylic acids is 3. The lowest BCUT2D eigenvalue weighted by Crippen LogP contribution is -2.71. The molecule has 3 aromatic rings. The van der Waals surface area contributed by atoms with E-state index in [9.17, 15) is 24.3 Å². The number of oxime groups is 1. The Kier molecular flexibility index (Phi) is 9.91. The minimum atomic E-state index is -1.50. The number of aromatic nitrogens is 3. The number of carbonyl (C=O) groups is 4. The molecule has 2 aliphatic heterocycles. The Bertz CT molecular complexity index is 1720. The summed E-state index contributed by atoms with van der Waals surface area (Å²) in [5, 5.41) is 30.0. The van der Waals surface area contributed by atoms with Crippen LogP contribution in [0.3, 0.4) is 0 Å². The number of rotatable bonds is 14. The van der Waals surface area contributed by atoms with Crippen LogP contribution in [0.25, 0.3) is 11.0 Å². The monoisotopic (exact) mass is 676 g/mol. The van der Waals surface area contributed by atoms with E-state index < -0.39 is 40.9 Å². The minimum Gasteiger partial charge on any atom is -0.543 e. The summed E-state index contributed by atoms with van der Waals surface area (Å²) in [6.45, 7) is 1.57. The van der Waals surface area contributed by atoms with Gasteiger partial charge >= 0.3 is 5.97 Å². The van der Waals surface area contributed by atoms with Crippen molar-refractivity contribution in [3.63, 3.8) is 0 Å². The third-order valence-corrected chi connectivity index (χ3v) is 9.56. The number of nitrogens with two attached hydrogens (primary N) is 1. The number of nitrogens with zero attached hydrogens (tertiary/aromatic N) is 5. The van der Waals surface area contributed by atoms with Crippen LogP contribution in [-0.2, 0) is 37.1 Å². The van der Waals surface area contributed by atoms with Crippen molar-refractivity contribution in [1.29, 1.82) is 0 Å². The highest BCUT2D eigenvalue weighted by molar-refractivity contribution is 8.00. The lowest BCUT2D eigenvalue weighted by Gasteiger charge is -2.50. The summed E-state index contributed by atoms with van der Waals surface area (Å²) in [4.78, 5) is 59.9. The Morgan fingerprint density at radius 2 is 2.16 bits per heavy atom. The van der Waals surface area contributed by atoms with E-state index in [1.165, 1.54) is 11.8 Å². The largest absolute Gasteiger partial charge is 0.543 e. The van der Waals surface area contributed by atoms with E-state index >= 15 is 0 Å². The molecule has 5 N–H and O–H groups in total. The first kappa shape index (κ1) is 32.2. The Hall–Kier alpha value is -4.19. The summed E-state index contributed by atoms with van der Waals surface area (Å²) in [5.74, 6) is -3.89. The van der Waals surface area contributed by atoms with E-state index in [0.717, 1.165) is 46.8 Å². The molecular formula is C27H29ClN8O7S2. The Balaban J connectivity index is 1.35. The molecule has 0 bridgehead atoms. The molecule has 0 radical (unpaired) electrons. The summed E-state index contributed by atoms with van der Waals surface area (Å²) in [6, 6.07) is 4.76. The van der Waals surface area contributed by atoms with Gasteiger partial charge in [-0.3, -0.25) is 19.3 Å². The van der Waals surface area contributed by atoms with Gasteiger partial charge in [0.2, 0.25) is 5.52 Å². The third kappa shape index (κ3) is 6.75. The van der Waals surface area contributed by atoms with E-state index in [1.54, 1.807) is 0 Å². The van der Waals surface area contributed by atoms with E-state index in [4.69, 9.17) is 27.3 Å². The van der Waals surface area contributed by atoms with Crippen LogP contribution in [0.2, 0.25) is 4.34 Å². The zero-order valence-electron chi connectivity index (χ0n) is 23.9. The molecular weight excluding hydrogens is 648 g/mol. The summed E-state index contributed by atoms with van der Waals surface area (Å²) < 4.78 is 4.10. The quantitative estimate of drug-likeness (QED) is 0.0564. The second kappa shape index (κ2) is 13.8. The van der Waals surface area contributed by atoms with Gasteiger partial charge in [-0.25, -0.2) is 4.98 Å². The maximum atomic E-state index is 13.3. The number of pyridine rings is 1. The highest BCUT2D eigenvalue weighted by atomic mass is 35.5. The van der Waals surface area contributed by atoms with Gasteiger partial charge in [-0.1, -0.05) is 28.1 Å². The average Bonchev–Trinajstić information content (AvgIpc) is 3.57. The lowest BCUT2D eigenvalue weighted by atomic mass is 10.0. The molecule has 18 heteroatoms. The standard InChI is InChI=1S/C27H29ClN8O7S2/c1-30-7-3-9-34-10-5-16-15(34)4-2-8-35(16)12-14-13-44-25-20(24(40)36(25)21(14)26(41)42)31-23(39)19(33-43-11-6-17(37)38)18-22(28)45-27(29)32-18/h2,4-5,8,10,20,25,30H,3,6-7,9,11-13H2,1H3,(H4-,29,31,32,37,38,39,41,42)/b33-19-. The number of anilines is 1. The molecule has 0 aliphatic carbocycles. The number of nitrogen functional groups attached to an aromatic ring is 1. The normalized spacial score (nSPS) is 18.1. The van der Waals surface area contributed by atoms with Crippen LogP contribution in [-0.4, -0.2) is 86.4 Å². The molecule has 5 rings (SSSR count). The van der Waals surface area contributed by atoms with Crippen molar-refractivity contribution >= 4 is 80.3 Å². The van der Waals surface area contributed by atoms with Gasteiger partial charge in [-0.15, -0.1) is 11.8 Å². The zero-order valence-corrected chi connectivity index (χ0v) is 26.3. The van der Waals surface area contributed by atoms with Crippen molar-refractivity contribution < 1.29 is 38.8 Å². The lowest BCUT2D eigenvalue weighted by molar-refractivity contribution is -0.663. The number of hydrogen-bond acceptors (Lipinski definition) is 12. The van der Waals surface area contributed by atoms with Crippen molar-refractivity contribution in [3.8, 4) is 0 Å². The van der Waals surface area contributed by atoms with Gasteiger partial charge < -0.3 is 40.8 Å². The Morgan fingerprint density at radius 1 is 1.36 bits per heavy atom. The van der Waals surface area contributed by atoms with Gasteiger partial charge in [-0.2, -0.15) is 4.57 Å². The number of aliphatic carboxylic acids is 2. The maximum absolute atomic E-state index is 13.3. The van der Waals surface area contributed by atoms with E-state index in [2.05, 4.69) is 25.3 Å². The van der Waals surface area contributed by atoms with Gasteiger partial charge in [0.15, 0.2) is 23.6 Å². The molecule has 0 aromatic carbocycles. The van der Waals surface area contributed by atoms with Crippen molar-refractivity contribution in [3.05, 3.63) is 51.9 Å². The van der Waals surface area contributed by atoms with E-state index in [0.29, 0.717) is 5.57 Å². The van der Waals surface area contributed by atoms with Crippen LogP contribution < -0.4 is 26.0 Å². The summed E-state index contributed by atoms with van der Waals surface area (Å²) in [7, 11) is 1.90. The predicted octanol–water partition coefficient (Wildman–Crippen LogP) is -0.470. The number of aryl methyl sites for hydroxylation is 1. The number of thioether (sulfide) groups is 1. The molecule has 15 nitrogen and oxygen atoms in total. The number of nitrogens with one attached hydrogen (secondary N) is 2. The minimum absolute atomic E-state index is 0.0319. The van der Waals surface area contributed by atoms with Gasteiger partial charge in [-0.05, 0) is 26.1 Å². The summed E-state index contributed by atoms with van der Waals surface area (Å²) in [5.41, 5.74) is 7.37. The number of fused-ring (bicyclic) bond motifs is 2. The molecule has 238 valence electrons. The van der Waals surface area contributed by atoms with Crippen molar-refractivity contribution in [2.45, 2.75) is 37.3 Å². The topological polar surface area (TPSA) is 208 Å². The number of thiazole rings is 1. The van der Waals surface area contributed by atoms with E-state index in [-0.39, 0.29) is 46.2 Å². The van der Waals surface area contributed by atoms with E-state index in [1.807, 2.05) is 42.2 Å². The molecule has 2 atom stereocenters. The van der Waals surface area contributed by atoms with Crippen molar-refractivity contribution in [2.24, 2.45) is 5.16 Å². The van der Waals surface area contributed by atoms with Crippen LogP contribution >= 0.6 is 34.7 Å². The zero-order chi connectivity index (χ0) is 32.2. The number of carboxylic acid groups (broad SMARTS) is 2. The molecule has 0 spiro atoms. The summed E-state index contributed by atoms with van der Waals surface area (Å²) >= 11 is 8.36. The van der Waals surface area contributed by atoms with Crippen LogP contribution in [0.15, 0.2) is 47.0 Å². The van der Waals surface area contributed by atoms with Crippen LogP contribution in [0, 0.1) is 0 Å². The first-order valence-corrected chi connectivity index (χ1v) is 16.0. The number of halogens is 1. The molecule has 2 aliphatic rings. The van der Waals surface area contributed by atoms with Crippen molar-refractivity contribution in [1.82, 2.24) is 25.1 Å². The molecule has 3 aromatic heterocycles. The molecule has 2 amide bonds. The molecule has 1 fully saturated rings. The van der Waals surface area contributed by atoms with Gasteiger partial charge in [0, 0.05) is 36.2 Å². The third-order valence-electron chi connectivity index (χ3n) is 7.13. The van der Waals surface area contributed by atoms with Crippen LogP contribution in [0.1, 0.15) is 18.5 Å². The van der Waals surface area contributed by atoms with Crippen LogP contribution in [0.4, 0.5) is 5.13 Å². The number of carboxylic acids is 2. The SMILES string of the molecule is CNCCCn1ccc2c1ccc[n+]2CC1=C(C(=O)[O-])N2C(=O)C(NC(=O)/C(=N\OCCC(=O)O)c3nc(N)sc3Cl)C2SC1. The van der Waals surface area contributed by atoms with Crippen molar-refractivity contribution in [2.75, 3.05) is 31.7 Å². The molecule has 5 heterocycles. The second-order valence-electron chi connectivity index (χ2n) is 10.1. The maximum Gasteiger partial charge on any atom is 0.306 e. The predicted molar refractivity (Wildman–Crippen MR) is 164 cm³/mol.